The van der Waals surface area contributed by atoms with E-state index in [4.69, 9.17) is 52.1 Å². The summed E-state index contributed by atoms with van der Waals surface area (Å²) in [6.45, 7) is 10.3. The van der Waals surface area contributed by atoms with Crippen molar-refractivity contribution in [3.63, 3.8) is 0 Å². The highest BCUT2D eigenvalue weighted by atomic mass is 16.6. The number of carbonyl (C=O) groups excluding carboxylic acids is 4. The van der Waals surface area contributed by atoms with Crippen molar-refractivity contribution in [3.8, 4) is 0 Å². The molecule has 0 bridgehead atoms. The van der Waals surface area contributed by atoms with Gasteiger partial charge in [-0.2, -0.15) is 0 Å². The quantitative estimate of drug-likeness (QED) is 0.0706. The van der Waals surface area contributed by atoms with Gasteiger partial charge >= 0.3 is 0 Å². The van der Waals surface area contributed by atoms with E-state index in [1.807, 2.05) is 0 Å². The van der Waals surface area contributed by atoms with E-state index in [9.17, 15) is 19.2 Å². The lowest BCUT2D eigenvalue weighted by Gasteiger charge is -2.27. The summed E-state index contributed by atoms with van der Waals surface area (Å²) in [4.78, 5) is 50.8. The van der Waals surface area contributed by atoms with Crippen molar-refractivity contribution in [1.29, 1.82) is 0 Å². The largest absolute Gasteiger partial charge is 0.382 e. The van der Waals surface area contributed by atoms with Crippen LogP contribution in [0.15, 0.2) is 18.2 Å². The van der Waals surface area contributed by atoms with E-state index in [1.54, 1.807) is 25.3 Å². The zero-order valence-electron chi connectivity index (χ0n) is 31.4. The van der Waals surface area contributed by atoms with Crippen molar-refractivity contribution in [2.75, 3.05) is 158 Å². The van der Waals surface area contributed by atoms with Gasteiger partial charge in [-0.05, 0) is 18.6 Å². The topological polar surface area (TPSA) is 197 Å². The van der Waals surface area contributed by atoms with E-state index >= 15 is 0 Å². The van der Waals surface area contributed by atoms with Crippen LogP contribution in [0.3, 0.4) is 0 Å². The molecule has 2 heterocycles. The zero-order chi connectivity index (χ0) is 38.5. The Labute approximate surface area is 316 Å². The molecule has 1 saturated heterocycles. The van der Waals surface area contributed by atoms with Crippen LogP contribution in [-0.4, -0.2) is 187 Å². The lowest BCUT2D eigenvalue weighted by molar-refractivity contribution is -0.136. The van der Waals surface area contributed by atoms with Gasteiger partial charge in [0.1, 0.15) is 6.04 Å². The Kier molecular flexibility index (Phi) is 24.5. The first kappa shape index (κ1) is 45.3. The van der Waals surface area contributed by atoms with Crippen molar-refractivity contribution in [3.05, 3.63) is 29.3 Å². The normalized spacial score (nSPS) is 15.6. The number of amides is 4. The minimum absolute atomic E-state index is 0.0657. The van der Waals surface area contributed by atoms with E-state index in [2.05, 4.69) is 10.6 Å². The van der Waals surface area contributed by atoms with E-state index in [0.717, 1.165) is 4.90 Å². The zero-order valence-corrected chi connectivity index (χ0v) is 31.4. The van der Waals surface area contributed by atoms with Crippen molar-refractivity contribution in [1.82, 2.24) is 10.2 Å². The summed E-state index contributed by atoms with van der Waals surface area (Å²) in [6, 6.07) is 3.90. The summed E-state index contributed by atoms with van der Waals surface area (Å²) in [6.07, 6.45) is 0.169. The number of anilines is 1. The number of nitrogens with zero attached hydrogens (tertiary/aromatic N) is 1. The standard InChI is InChI=1S/C36H57N3O15/c1-44-9-10-46-13-14-48-17-18-50-21-22-52-25-26-54-28-27-53-24-23-51-20-19-49-16-15-47-12-11-45-8-7-37-30-4-2-3-29-33(30)36(43)39(35(29)42)31-5-6-32(40)38-34(31)41/h2-4,31,37H,5-28H2,1H3,(H,38,40,41). The van der Waals surface area contributed by atoms with Gasteiger partial charge in [0.2, 0.25) is 11.8 Å². The molecule has 1 aromatic carbocycles. The van der Waals surface area contributed by atoms with Gasteiger partial charge in [-0.1, -0.05) is 6.07 Å². The second-order valence-electron chi connectivity index (χ2n) is 11.7. The molecule has 2 aliphatic rings. The average molecular weight is 772 g/mol. The molecule has 54 heavy (non-hydrogen) atoms. The van der Waals surface area contributed by atoms with Gasteiger partial charge in [-0.15, -0.1) is 0 Å². The molecule has 2 N–H and O–H groups in total. The fraction of sp³-hybridized carbons (Fsp3) is 0.722. The monoisotopic (exact) mass is 771 g/mol. The first-order valence-corrected chi connectivity index (χ1v) is 18.4. The third kappa shape index (κ3) is 18.0. The Morgan fingerprint density at radius 3 is 1.39 bits per heavy atom. The molecule has 1 fully saturated rings. The van der Waals surface area contributed by atoms with Crippen LogP contribution in [0, 0.1) is 0 Å². The first-order chi connectivity index (χ1) is 26.5. The van der Waals surface area contributed by atoms with Crippen LogP contribution < -0.4 is 10.6 Å². The molecule has 0 spiro atoms. The summed E-state index contributed by atoms with van der Waals surface area (Å²) < 4.78 is 59.5. The van der Waals surface area contributed by atoms with Gasteiger partial charge in [0.25, 0.3) is 11.8 Å². The molecule has 1 aromatic rings. The fourth-order valence-corrected chi connectivity index (χ4v) is 5.14. The SMILES string of the molecule is COCCOCCOCCOCCOCCOCCOCCOCCOCCOCCOCCNc1cccc2c1C(=O)N(C1CCC(=O)NC1=O)C2=O. The van der Waals surface area contributed by atoms with Crippen molar-refractivity contribution in [2.45, 2.75) is 18.9 Å². The Morgan fingerprint density at radius 2 is 0.981 bits per heavy atom. The van der Waals surface area contributed by atoms with Crippen LogP contribution in [0.1, 0.15) is 33.6 Å². The maximum Gasteiger partial charge on any atom is 0.264 e. The predicted molar refractivity (Wildman–Crippen MR) is 192 cm³/mol. The molecule has 0 saturated carbocycles. The number of nitrogens with one attached hydrogen (secondary N) is 2. The predicted octanol–water partition coefficient (Wildman–Crippen LogP) is 0.312. The minimum Gasteiger partial charge on any atom is -0.382 e. The van der Waals surface area contributed by atoms with Gasteiger partial charge in [-0.25, -0.2) is 0 Å². The number of hydrogen-bond donors (Lipinski definition) is 2. The molecular weight excluding hydrogens is 714 g/mol. The van der Waals surface area contributed by atoms with E-state index in [1.165, 1.54) is 0 Å². The third-order valence-electron chi connectivity index (χ3n) is 7.81. The van der Waals surface area contributed by atoms with Crippen molar-refractivity contribution in [2.24, 2.45) is 0 Å². The summed E-state index contributed by atoms with van der Waals surface area (Å²) in [5, 5.41) is 5.33. The highest BCUT2D eigenvalue weighted by Crippen LogP contribution is 2.32. The summed E-state index contributed by atoms with van der Waals surface area (Å²) in [5.74, 6) is -2.17. The third-order valence-corrected chi connectivity index (χ3v) is 7.81. The molecule has 0 radical (unpaired) electrons. The lowest BCUT2D eigenvalue weighted by Crippen LogP contribution is -2.54. The Balaban J connectivity index is 1.02. The number of carbonyl (C=O) groups is 4. The van der Waals surface area contributed by atoms with E-state index in [-0.39, 0.29) is 24.0 Å². The molecule has 4 amide bonds. The second kappa shape index (κ2) is 29.2. The maximum atomic E-state index is 13.1. The van der Waals surface area contributed by atoms with Gasteiger partial charge in [0.05, 0.1) is 150 Å². The van der Waals surface area contributed by atoms with Crippen LogP contribution in [-0.2, 0) is 61.7 Å². The highest BCUT2D eigenvalue weighted by Gasteiger charge is 2.45. The molecule has 1 unspecified atom stereocenters. The molecule has 0 aromatic heterocycles. The molecule has 306 valence electrons. The van der Waals surface area contributed by atoms with Crippen LogP contribution in [0.5, 0.6) is 0 Å². The number of benzene rings is 1. The van der Waals surface area contributed by atoms with E-state index in [0.29, 0.717) is 151 Å². The smallest absolute Gasteiger partial charge is 0.264 e. The molecule has 0 aliphatic carbocycles. The number of rotatable bonds is 35. The summed E-state index contributed by atoms with van der Waals surface area (Å²) in [7, 11) is 1.64. The van der Waals surface area contributed by atoms with Gasteiger partial charge in [-0.3, -0.25) is 29.4 Å². The number of fused-ring (bicyclic) bond motifs is 1. The Bertz CT molecular complexity index is 1220. The van der Waals surface area contributed by atoms with Crippen LogP contribution in [0.4, 0.5) is 5.69 Å². The molecular formula is C36H57N3O15. The Hall–Kier alpha value is -3.14. The van der Waals surface area contributed by atoms with Gasteiger partial charge in [0.15, 0.2) is 0 Å². The molecule has 1 atom stereocenters. The van der Waals surface area contributed by atoms with E-state index < -0.39 is 29.7 Å². The molecule has 3 rings (SSSR count). The van der Waals surface area contributed by atoms with Crippen LogP contribution >= 0.6 is 0 Å². The van der Waals surface area contributed by atoms with Gasteiger partial charge < -0.3 is 57.4 Å². The number of methoxy groups -OCH3 is 1. The van der Waals surface area contributed by atoms with Gasteiger partial charge in [0, 0.05) is 25.8 Å². The number of piperidine rings is 1. The molecule has 2 aliphatic heterocycles. The number of ether oxygens (including phenoxy) is 11. The first-order valence-electron chi connectivity index (χ1n) is 18.4. The molecule has 18 heteroatoms. The average Bonchev–Trinajstić information content (AvgIpc) is 3.42. The van der Waals surface area contributed by atoms with Crippen LogP contribution in [0.2, 0.25) is 0 Å². The highest BCUT2D eigenvalue weighted by molar-refractivity contribution is 6.25. The lowest BCUT2D eigenvalue weighted by atomic mass is 10.0. The molecule has 18 nitrogen and oxygen atoms in total. The maximum absolute atomic E-state index is 13.1. The summed E-state index contributed by atoms with van der Waals surface area (Å²) >= 11 is 0. The number of imide groups is 2. The Morgan fingerprint density at radius 1 is 0.574 bits per heavy atom. The van der Waals surface area contributed by atoms with Crippen molar-refractivity contribution >= 4 is 29.3 Å². The van der Waals surface area contributed by atoms with Crippen molar-refractivity contribution < 1.29 is 71.3 Å². The number of hydrogen-bond acceptors (Lipinski definition) is 16. The van der Waals surface area contributed by atoms with Crippen LogP contribution in [0.25, 0.3) is 0 Å². The minimum atomic E-state index is -1.01. The fourth-order valence-electron chi connectivity index (χ4n) is 5.14. The second-order valence-corrected chi connectivity index (χ2v) is 11.7. The summed E-state index contributed by atoms with van der Waals surface area (Å²) in [5.41, 5.74) is 0.907.